The highest BCUT2D eigenvalue weighted by Crippen LogP contribution is 2.32. The standard InChI is InChI=1S/C13H14ClN3O4/c14-10-4-2-1-3-8(10)12(18)15-5-6-16-13(19)9-7-11(9)17(20)21/h1-4,9,11H,5-7H2,(H,15,18)(H,16,19)/t9-,11+/m0/s1. The van der Waals surface area contributed by atoms with Crippen LogP contribution in [0.1, 0.15) is 16.8 Å². The van der Waals surface area contributed by atoms with Crippen LogP contribution in [0.4, 0.5) is 0 Å². The topological polar surface area (TPSA) is 101 Å². The average Bonchev–Trinajstić information content (AvgIpc) is 3.24. The van der Waals surface area contributed by atoms with Gasteiger partial charge < -0.3 is 10.6 Å². The lowest BCUT2D eigenvalue weighted by atomic mass is 10.2. The van der Waals surface area contributed by atoms with E-state index >= 15 is 0 Å². The molecular weight excluding hydrogens is 298 g/mol. The zero-order chi connectivity index (χ0) is 15.4. The van der Waals surface area contributed by atoms with E-state index in [0.717, 1.165) is 0 Å². The molecule has 21 heavy (non-hydrogen) atoms. The average molecular weight is 312 g/mol. The third-order valence-corrected chi connectivity index (χ3v) is 3.52. The predicted octanol–water partition coefficient (Wildman–Crippen LogP) is 0.851. The Morgan fingerprint density at radius 3 is 2.57 bits per heavy atom. The van der Waals surface area contributed by atoms with Crippen molar-refractivity contribution in [2.24, 2.45) is 5.92 Å². The molecule has 2 N–H and O–H groups in total. The summed E-state index contributed by atoms with van der Waals surface area (Å²) in [5, 5.41) is 16.0. The lowest BCUT2D eigenvalue weighted by Gasteiger charge is -2.07. The normalized spacial score (nSPS) is 19.7. The fourth-order valence-corrected chi connectivity index (χ4v) is 2.15. The Labute approximate surface area is 125 Å². The maximum absolute atomic E-state index is 11.8. The second kappa shape index (κ2) is 6.53. The van der Waals surface area contributed by atoms with E-state index < -0.39 is 16.9 Å². The molecule has 0 spiro atoms. The van der Waals surface area contributed by atoms with Gasteiger partial charge >= 0.3 is 0 Å². The van der Waals surface area contributed by atoms with E-state index in [4.69, 9.17) is 11.6 Å². The number of carbonyl (C=O) groups is 2. The molecule has 0 saturated heterocycles. The molecule has 1 aliphatic carbocycles. The second-order valence-electron chi connectivity index (χ2n) is 4.72. The molecule has 7 nitrogen and oxygen atoms in total. The van der Waals surface area contributed by atoms with Gasteiger partial charge in [0.1, 0.15) is 5.92 Å². The lowest BCUT2D eigenvalue weighted by Crippen LogP contribution is -2.36. The number of amides is 2. The SMILES string of the molecule is O=C(NCCNC(=O)[C@H]1C[C@H]1[N+](=O)[O-])c1ccccc1Cl. The predicted molar refractivity (Wildman–Crippen MR) is 75.7 cm³/mol. The van der Waals surface area contributed by atoms with Crippen molar-refractivity contribution in [1.82, 2.24) is 10.6 Å². The maximum atomic E-state index is 11.8. The summed E-state index contributed by atoms with van der Waals surface area (Å²) >= 11 is 5.88. The number of hydrogen-bond donors (Lipinski definition) is 2. The summed E-state index contributed by atoms with van der Waals surface area (Å²) < 4.78 is 0. The van der Waals surface area contributed by atoms with E-state index in [-0.39, 0.29) is 31.3 Å². The number of nitro groups is 1. The highest BCUT2D eigenvalue weighted by molar-refractivity contribution is 6.33. The zero-order valence-electron chi connectivity index (χ0n) is 11.0. The van der Waals surface area contributed by atoms with Gasteiger partial charge in [-0.15, -0.1) is 0 Å². The summed E-state index contributed by atoms with van der Waals surface area (Å²) in [6.45, 7) is 0.446. The first-order valence-corrected chi connectivity index (χ1v) is 6.82. The molecule has 0 unspecified atom stereocenters. The molecule has 1 fully saturated rings. The first-order chi connectivity index (χ1) is 10.0. The van der Waals surface area contributed by atoms with Crippen molar-refractivity contribution in [2.45, 2.75) is 12.5 Å². The summed E-state index contributed by atoms with van der Waals surface area (Å²) in [5.41, 5.74) is 0.362. The molecule has 1 aromatic carbocycles. The van der Waals surface area contributed by atoms with Gasteiger partial charge in [0.25, 0.3) is 5.91 Å². The van der Waals surface area contributed by atoms with Gasteiger partial charge in [0, 0.05) is 24.4 Å². The van der Waals surface area contributed by atoms with Crippen LogP contribution in [0.2, 0.25) is 5.02 Å². The molecule has 0 radical (unpaired) electrons. The van der Waals surface area contributed by atoms with Gasteiger partial charge in [-0.1, -0.05) is 23.7 Å². The molecule has 2 amide bonds. The Kier molecular flexibility index (Phi) is 4.74. The van der Waals surface area contributed by atoms with Crippen molar-refractivity contribution in [3.63, 3.8) is 0 Å². The number of hydrogen-bond acceptors (Lipinski definition) is 4. The minimum atomic E-state index is -0.761. The molecule has 8 heteroatoms. The van der Waals surface area contributed by atoms with E-state index in [2.05, 4.69) is 10.6 Å². The van der Waals surface area contributed by atoms with E-state index in [1.54, 1.807) is 24.3 Å². The van der Waals surface area contributed by atoms with Gasteiger partial charge in [0.05, 0.1) is 10.6 Å². The summed E-state index contributed by atoms with van der Waals surface area (Å²) in [6.07, 6.45) is 0.283. The van der Waals surface area contributed by atoms with E-state index in [9.17, 15) is 19.7 Å². The molecule has 1 aromatic rings. The summed E-state index contributed by atoms with van der Waals surface area (Å²) in [6, 6.07) is 5.88. The minimum absolute atomic E-state index is 0.218. The van der Waals surface area contributed by atoms with Gasteiger partial charge in [-0.25, -0.2) is 0 Å². The Morgan fingerprint density at radius 2 is 1.95 bits per heavy atom. The van der Waals surface area contributed by atoms with Crippen LogP contribution in [0, 0.1) is 16.0 Å². The Bertz CT molecular complexity index is 578. The Hall–Kier alpha value is -2.15. The minimum Gasteiger partial charge on any atom is -0.354 e. The first kappa shape index (κ1) is 15.2. The van der Waals surface area contributed by atoms with Crippen LogP contribution in [0.25, 0.3) is 0 Å². The third-order valence-electron chi connectivity index (χ3n) is 3.19. The fraction of sp³-hybridized carbons (Fsp3) is 0.385. The first-order valence-electron chi connectivity index (χ1n) is 6.44. The number of benzene rings is 1. The molecule has 0 heterocycles. The van der Waals surface area contributed by atoms with Crippen molar-refractivity contribution >= 4 is 23.4 Å². The molecule has 0 aliphatic heterocycles. The van der Waals surface area contributed by atoms with Crippen LogP contribution in [0.15, 0.2) is 24.3 Å². The maximum Gasteiger partial charge on any atom is 0.252 e. The van der Waals surface area contributed by atoms with E-state index in [1.807, 2.05) is 0 Å². The molecule has 112 valence electrons. The molecule has 1 saturated carbocycles. The van der Waals surface area contributed by atoms with Crippen LogP contribution in [0.5, 0.6) is 0 Å². The highest BCUT2D eigenvalue weighted by Gasteiger charge is 2.53. The van der Waals surface area contributed by atoms with Crippen molar-refractivity contribution in [1.29, 1.82) is 0 Å². The van der Waals surface area contributed by atoms with Crippen LogP contribution in [0.3, 0.4) is 0 Å². The van der Waals surface area contributed by atoms with Crippen molar-refractivity contribution < 1.29 is 14.5 Å². The summed E-state index contributed by atoms with van der Waals surface area (Å²) in [7, 11) is 0. The zero-order valence-corrected chi connectivity index (χ0v) is 11.8. The van der Waals surface area contributed by atoms with Gasteiger partial charge in [-0.2, -0.15) is 0 Å². The number of rotatable bonds is 6. The number of nitrogens with zero attached hydrogens (tertiary/aromatic N) is 1. The van der Waals surface area contributed by atoms with Gasteiger partial charge in [0.15, 0.2) is 0 Å². The van der Waals surface area contributed by atoms with Crippen LogP contribution in [-0.2, 0) is 4.79 Å². The number of carbonyl (C=O) groups excluding carboxylic acids is 2. The fourth-order valence-electron chi connectivity index (χ4n) is 1.93. The largest absolute Gasteiger partial charge is 0.354 e. The molecule has 0 aromatic heterocycles. The number of halogens is 1. The van der Waals surface area contributed by atoms with Gasteiger partial charge in [-0.3, -0.25) is 19.7 Å². The summed E-state index contributed by atoms with van der Waals surface area (Å²) in [4.78, 5) is 33.3. The highest BCUT2D eigenvalue weighted by atomic mass is 35.5. The van der Waals surface area contributed by atoms with E-state index in [0.29, 0.717) is 10.6 Å². The van der Waals surface area contributed by atoms with Gasteiger partial charge in [-0.05, 0) is 12.1 Å². The number of nitrogens with one attached hydrogen (secondary N) is 2. The van der Waals surface area contributed by atoms with Crippen molar-refractivity contribution in [3.05, 3.63) is 45.0 Å². The van der Waals surface area contributed by atoms with E-state index in [1.165, 1.54) is 0 Å². The van der Waals surface area contributed by atoms with Crippen molar-refractivity contribution in [2.75, 3.05) is 13.1 Å². The Morgan fingerprint density at radius 1 is 1.29 bits per heavy atom. The molecule has 1 aliphatic rings. The van der Waals surface area contributed by atoms with Crippen LogP contribution >= 0.6 is 11.6 Å². The van der Waals surface area contributed by atoms with Crippen LogP contribution in [-0.4, -0.2) is 35.9 Å². The second-order valence-corrected chi connectivity index (χ2v) is 5.13. The third kappa shape index (κ3) is 3.91. The van der Waals surface area contributed by atoms with Crippen molar-refractivity contribution in [3.8, 4) is 0 Å². The lowest BCUT2D eigenvalue weighted by molar-refractivity contribution is -0.497. The Balaban J connectivity index is 1.69. The smallest absolute Gasteiger partial charge is 0.252 e. The molecule has 2 rings (SSSR count). The van der Waals surface area contributed by atoms with Crippen LogP contribution < -0.4 is 10.6 Å². The monoisotopic (exact) mass is 311 g/mol. The molecule has 2 atom stereocenters. The summed E-state index contributed by atoms with van der Waals surface area (Å²) in [5.74, 6) is -1.22. The molecular formula is C13H14ClN3O4. The van der Waals surface area contributed by atoms with Gasteiger partial charge in [0.2, 0.25) is 11.9 Å². The molecule has 0 bridgehead atoms. The quantitative estimate of drug-likeness (QED) is 0.462.